The topological polar surface area (TPSA) is 35.5 Å². The summed E-state index contributed by atoms with van der Waals surface area (Å²) < 4.78 is 0. The van der Waals surface area contributed by atoms with Crippen LogP contribution in [0.1, 0.15) is 39.0 Å². The molecule has 0 spiro atoms. The summed E-state index contributed by atoms with van der Waals surface area (Å²) in [6.07, 6.45) is 6.40. The van der Waals surface area contributed by atoms with Gasteiger partial charge in [0.15, 0.2) is 0 Å². The molecule has 0 aromatic heterocycles. The molecule has 94 valence electrons. The molecule has 2 fully saturated rings. The third kappa shape index (κ3) is 2.76. The first-order valence-electron chi connectivity index (χ1n) is 6.78. The lowest BCUT2D eigenvalue weighted by Gasteiger charge is -2.37. The van der Waals surface area contributed by atoms with Crippen LogP contribution in [0.15, 0.2) is 0 Å². The van der Waals surface area contributed by atoms with Crippen LogP contribution in [-0.4, -0.2) is 48.3 Å². The second-order valence-corrected chi connectivity index (χ2v) is 5.66. The smallest absolute Gasteiger partial charge is 0.0628 e. The Bertz CT molecular complexity index is 226. The van der Waals surface area contributed by atoms with Crippen LogP contribution in [-0.2, 0) is 0 Å². The molecule has 0 aliphatic heterocycles. The summed E-state index contributed by atoms with van der Waals surface area (Å²) in [6.45, 7) is 4.51. The Balaban J connectivity index is 1.93. The van der Waals surface area contributed by atoms with Gasteiger partial charge in [-0.05, 0) is 51.6 Å². The van der Waals surface area contributed by atoms with E-state index in [-0.39, 0.29) is 12.1 Å². The Labute approximate surface area is 99.2 Å². The minimum atomic E-state index is -0.0205. The van der Waals surface area contributed by atoms with Crippen molar-refractivity contribution in [3.05, 3.63) is 0 Å². The molecule has 0 bridgehead atoms. The van der Waals surface area contributed by atoms with Gasteiger partial charge < -0.3 is 15.3 Å². The van der Waals surface area contributed by atoms with Crippen LogP contribution in [0, 0.1) is 5.92 Å². The van der Waals surface area contributed by atoms with Gasteiger partial charge in [0.1, 0.15) is 0 Å². The van der Waals surface area contributed by atoms with E-state index in [0.717, 1.165) is 25.6 Å². The van der Waals surface area contributed by atoms with Crippen molar-refractivity contribution in [2.24, 2.45) is 5.92 Å². The van der Waals surface area contributed by atoms with Crippen molar-refractivity contribution in [1.82, 2.24) is 10.2 Å². The first-order valence-corrected chi connectivity index (χ1v) is 6.78. The zero-order valence-electron chi connectivity index (χ0n) is 10.7. The summed E-state index contributed by atoms with van der Waals surface area (Å²) in [7, 11) is 2.21. The van der Waals surface area contributed by atoms with E-state index in [4.69, 9.17) is 0 Å². The van der Waals surface area contributed by atoms with Gasteiger partial charge in [0, 0.05) is 12.6 Å². The molecule has 0 aromatic carbocycles. The standard InChI is InChI=1S/C13H26N2O/c1-3-8-14-13(10-16,11-4-5-11)9-15(2)12-6-7-12/h11-12,14,16H,3-10H2,1-2H3. The summed E-state index contributed by atoms with van der Waals surface area (Å²) in [5.74, 6) is 0.699. The first-order chi connectivity index (χ1) is 7.72. The molecule has 1 unspecified atom stereocenters. The Kier molecular flexibility index (Phi) is 3.88. The van der Waals surface area contributed by atoms with Crippen molar-refractivity contribution < 1.29 is 5.11 Å². The average Bonchev–Trinajstić information content (AvgIpc) is 3.15. The number of likely N-dealkylation sites (N-methyl/N-ethyl adjacent to an activating group) is 1. The lowest BCUT2D eigenvalue weighted by molar-refractivity contribution is 0.0982. The van der Waals surface area contributed by atoms with Crippen LogP contribution in [0.5, 0.6) is 0 Å². The van der Waals surface area contributed by atoms with E-state index >= 15 is 0 Å². The van der Waals surface area contributed by atoms with E-state index < -0.39 is 0 Å². The summed E-state index contributed by atoms with van der Waals surface area (Å²) >= 11 is 0. The van der Waals surface area contributed by atoms with E-state index in [9.17, 15) is 5.11 Å². The zero-order chi connectivity index (χ0) is 11.6. The highest BCUT2D eigenvalue weighted by Crippen LogP contribution is 2.41. The molecule has 0 aromatic rings. The van der Waals surface area contributed by atoms with E-state index in [2.05, 4.69) is 24.2 Å². The fraction of sp³-hybridized carbons (Fsp3) is 1.00. The van der Waals surface area contributed by atoms with Gasteiger partial charge in [-0.1, -0.05) is 6.92 Å². The number of aliphatic hydroxyl groups excluding tert-OH is 1. The second-order valence-electron chi connectivity index (χ2n) is 5.66. The minimum Gasteiger partial charge on any atom is -0.394 e. The maximum absolute atomic E-state index is 9.78. The second kappa shape index (κ2) is 5.03. The molecule has 3 heteroatoms. The van der Waals surface area contributed by atoms with Crippen LogP contribution in [0.25, 0.3) is 0 Å². The molecule has 0 saturated heterocycles. The number of hydrogen-bond donors (Lipinski definition) is 2. The highest BCUT2D eigenvalue weighted by Gasteiger charge is 2.46. The predicted molar refractivity (Wildman–Crippen MR) is 66.5 cm³/mol. The highest BCUT2D eigenvalue weighted by atomic mass is 16.3. The third-order valence-electron chi connectivity index (χ3n) is 4.07. The molecule has 0 heterocycles. The maximum Gasteiger partial charge on any atom is 0.0628 e. The normalized spacial score (nSPS) is 24.8. The van der Waals surface area contributed by atoms with E-state index in [1.807, 2.05) is 0 Å². The molecule has 2 saturated carbocycles. The fourth-order valence-electron chi connectivity index (χ4n) is 2.66. The lowest BCUT2D eigenvalue weighted by atomic mass is 9.93. The number of nitrogens with one attached hydrogen (secondary N) is 1. The van der Waals surface area contributed by atoms with Crippen LogP contribution in [0.4, 0.5) is 0 Å². The Morgan fingerprint density at radius 1 is 1.31 bits per heavy atom. The largest absolute Gasteiger partial charge is 0.394 e. The molecule has 0 amide bonds. The van der Waals surface area contributed by atoms with E-state index in [1.165, 1.54) is 25.7 Å². The van der Waals surface area contributed by atoms with Crippen LogP contribution in [0.2, 0.25) is 0 Å². The monoisotopic (exact) mass is 226 g/mol. The molecule has 0 radical (unpaired) electrons. The molecule has 2 N–H and O–H groups in total. The molecule has 2 aliphatic carbocycles. The third-order valence-corrected chi connectivity index (χ3v) is 4.07. The molecule has 1 atom stereocenters. The SMILES string of the molecule is CCCNC(CO)(CN(C)C1CC1)C1CC1. The van der Waals surface area contributed by atoms with Crippen LogP contribution < -0.4 is 5.32 Å². The zero-order valence-corrected chi connectivity index (χ0v) is 10.7. The predicted octanol–water partition coefficient (Wildman–Crippen LogP) is 1.22. The average molecular weight is 226 g/mol. The van der Waals surface area contributed by atoms with Gasteiger partial charge in [-0.15, -0.1) is 0 Å². The van der Waals surface area contributed by atoms with Crippen LogP contribution >= 0.6 is 0 Å². The fourth-order valence-corrected chi connectivity index (χ4v) is 2.66. The Morgan fingerprint density at radius 2 is 2.00 bits per heavy atom. The molecular formula is C13H26N2O. The molecule has 16 heavy (non-hydrogen) atoms. The Hall–Kier alpha value is -0.120. The first kappa shape index (κ1) is 12.3. The van der Waals surface area contributed by atoms with Crippen molar-refractivity contribution in [2.75, 3.05) is 26.7 Å². The minimum absolute atomic E-state index is 0.0205. The van der Waals surface area contributed by atoms with Crippen molar-refractivity contribution in [3.63, 3.8) is 0 Å². The van der Waals surface area contributed by atoms with Crippen molar-refractivity contribution in [1.29, 1.82) is 0 Å². The van der Waals surface area contributed by atoms with Crippen molar-refractivity contribution >= 4 is 0 Å². The molecular weight excluding hydrogens is 200 g/mol. The number of hydrogen-bond acceptors (Lipinski definition) is 3. The molecule has 3 nitrogen and oxygen atoms in total. The van der Waals surface area contributed by atoms with Gasteiger partial charge >= 0.3 is 0 Å². The van der Waals surface area contributed by atoms with Gasteiger partial charge in [-0.25, -0.2) is 0 Å². The molecule has 2 rings (SSSR count). The van der Waals surface area contributed by atoms with Gasteiger partial charge in [-0.3, -0.25) is 0 Å². The quantitative estimate of drug-likeness (QED) is 0.653. The number of rotatable bonds is 8. The van der Waals surface area contributed by atoms with E-state index in [1.54, 1.807) is 0 Å². The lowest BCUT2D eigenvalue weighted by Crippen LogP contribution is -2.58. The summed E-state index contributed by atoms with van der Waals surface area (Å²) in [5.41, 5.74) is -0.0205. The van der Waals surface area contributed by atoms with Crippen molar-refractivity contribution in [3.8, 4) is 0 Å². The van der Waals surface area contributed by atoms with Gasteiger partial charge in [0.05, 0.1) is 12.1 Å². The summed E-state index contributed by atoms with van der Waals surface area (Å²) in [4.78, 5) is 2.44. The van der Waals surface area contributed by atoms with Crippen LogP contribution in [0.3, 0.4) is 0 Å². The van der Waals surface area contributed by atoms with Gasteiger partial charge in [-0.2, -0.15) is 0 Å². The number of nitrogens with zero attached hydrogens (tertiary/aromatic N) is 1. The Morgan fingerprint density at radius 3 is 2.44 bits per heavy atom. The maximum atomic E-state index is 9.78. The van der Waals surface area contributed by atoms with Gasteiger partial charge in [0.2, 0.25) is 0 Å². The van der Waals surface area contributed by atoms with Crippen molar-refractivity contribution in [2.45, 2.75) is 50.6 Å². The van der Waals surface area contributed by atoms with E-state index in [0.29, 0.717) is 5.92 Å². The molecule has 2 aliphatic rings. The van der Waals surface area contributed by atoms with Gasteiger partial charge in [0.25, 0.3) is 0 Å². The summed E-state index contributed by atoms with van der Waals surface area (Å²) in [5, 5.41) is 13.4. The summed E-state index contributed by atoms with van der Waals surface area (Å²) in [6, 6.07) is 0.785. The number of aliphatic hydroxyl groups is 1. The highest BCUT2D eigenvalue weighted by molar-refractivity contribution is 5.03.